The van der Waals surface area contributed by atoms with Gasteiger partial charge in [-0.25, -0.2) is 4.79 Å². The van der Waals surface area contributed by atoms with Crippen molar-refractivity contribution in [1.82, 2.24) is 0 Å². The summed E-state index contributed by atoms with van der Waals surface area (Å²) in [6, 6.07) is 13.3. The number of esters is 1. The van der Waals surface area contributed by atoms with Crippen molar-refractivity contribution in [2.75, 3.05) is 23.8 Å². The van der Waals surface area contributed by atoms with Gasteiger partial charge in [-0.15, -0.1) is 0 Å². The zero-order chi connectivity index (χ0) is 19.6. The van der Waals surface area contributed by atoms with Crippen LogP contribution >= 0.6 is 0 Å². The Balaban J connectivity index is 1.97. The van der Waals surface area contributed by atoms with Gasteiger partial charge in [0.15, 0.2) is 0 Å². The van der Waals surface area contributed by atoms with E-state index < -0.39 is 0 Å². The number of nitrogens with one attached hydrogen (secondary N) is 2. The van der Waals surface area contributed by atoms with Crippen LogP contribution in [0.25, 0.3) is 0 Å². The molecule has 0 aliphatic rings. The van der Waals surface area contributed by atoms with Crippen molar-refractivity contribution in [2.45, 2.75) is 40.0 Å². The van der Waals surface area contributed by atoms with Crippen LogP contribution in [0.1, 0.15) is 48.7 Å². The molecule has 0 saturated heterocycles. The summed E-state index contributed by atoms with van der Waals surface area (Å²) in [6.45, 7) is 6.69. The summed E-state index contributed by atoms with van der Waals surface area (Å²) in [6.07, 6.45) is 2.04. The first-order valence-corrected chi connectivity index (χ1v) is 9.51. The molecule has 2 aromatic carbocycles. The lowest BCUT2D eigenvalue weighted by atomic mass is 10.0. The van der Waals surface area contributed by atoms with Gasteiger partial charge in [0.2, 0.25) is 5.91 Å². The van der Waals surface area contributed by atoms with Crippen molar-refractivity contribution < 1.29 is 14.3 Å². The number of carbonyl (C=O) groups is 2. The lowest BCUT2D eigenvalue weighted by Crippen LogP contribution is -2.19. The first kappa shape index (κ1) is 20.5. The maximum atomic E-state index is 12.4. The van der Waals surface area contributed by atoms with Crippen LogP contribution in [-0.4, -0.2) is 25.0 Å². The highest BCUT2D eigenvalue weighted by molar-refractivity contribution is 5.96. The molecule has 0 spiro atoms. The van der Waals surface area contributed by atoms with E-state index in [0.717, 1.165) is 29.7 Å². The number of carbonyl (C=O) groups excluding carboxylic acids is 2. The fraction of sp³-hybridized carbons (Fsp3) is 0.364. The monoisotopic (exact) mass is 368 g/mol. The topological polar surface area (TPSA) is 67.4 Å². The normalized spacial score (nSPS) is 10.3. The van der Waals surface area contributed by atoms with Gasteiger partial charge in [-0.05, 0) is 43.0 Å². The molecule has 27 heavy (non-hydrogen) atoms. The van der Waals surface area contributed by atoms with Crippen LogP contribution in [-0.2, 0) is 22.4 Å². The van der Waals surface area contributed by atoms with Gasteiger partial charge in [-0.1, -0.05) is 44.2 Å². The second kappa shape index (κ2) is 10.4. The number of anilines is 2. The van der Waals surface area contributed by atoms with E-state index in [4.69, 9.17) is 4.74 Å². The predicted molar refractivity (Wildman–Crippen MR) is 109 cm³/mol. The molecule has 0 bridgehead atoms. The Morgan fingerprint density at radius 3 is 2.22 bits per heavy atom. The molecule has 0 aliphatic carbocycles. The SMILES string of the molecule is CCOC(=O)c1ccccc1NCCC(=O)Nc1c(CC)cccc1CC. The number of ether oxygens (including phenoxy) is 1. The van der Waals surface area contributed by atoms with Crippen LogP contribution in [0, 0.1) is 0 Å². The second-order valence-corrected chi connectivity index (χ2v) is 6.15. The van der Waals surface area contributed by atoms with Crippen molar-refractivity contribution in [1.29, 1.82) is 0 Å². The molecule has 144 valence electrons. The first-order valence-electron chi connectivity index (χ1n) is 9.51. The van der Waals surface area contributed by atoms with Crippen molar-refractivity contribution in [3.8, 4) is 0 Å². The smallest absolute Gasteiger partial charge is 0.340 e. The molecular formula is C22H28N2O3. The number of rotatable bonds is 9. The van der Waals surface area contributed by atoms with Gasteiger partial charge in [-0.2, -0.15) is 0 Å². The van der Waals surface area contributed by atoms with E-state index in [2.05, 4.69) is 24.5 Å². The maximum absolute atomic E-state index is 12.4. The van der Waals surface area contributed by atoms with E-state index in [1.54, 1.807) is 19.1 Å². The Kier molecular flexibility index (Phi) is 7.86. The number of hydrogen-bond acceptors (Lipinski definition) is 4. The fourth-order valence-electron chi connectivity index (χ4n) is 2.94. The fourth-order valence-corrected chi connectivity index (χ4v) is 2.94. The molecule has 0 atom stereocenters. The number of amides is 1. The average molecular weight is 368 g/mol. The third-order valence-electron chi connectivity index (χ3n) is 4.35. The van der Waals surface area contributed by atoms with Crippen molar-refractivity contribution >= 4 is 23.3 Å². The summed E-state index contributed by atoms with van der Waals surface area (Å²) in [4.78, 5) is 24.4. The minimum absolute atomic E-state index is 0.0493. The van der Waals surface area contributed by atoms with Crippen molar-refractivity contribution in [3.05, 3.63) is 59.2 Å². The molecule has 2 rings (SSSR count). The average Bonchev–Trinajstić information content (AvgIpc) is 2.68. The zero-order valence-corrected chi connectivity index (χ0v) is 16.3. The summed E-state index contributed by atoms with van der Waals surface area (Å²) >= 11 is 0. The Hall–Kier alpha value is -2.82. The minimum atomic E-state index is -0.366. The van der Waals surface area contributed by atoms with Crippen LogP contribution in [0.4, 0.5) is 11.4 Å². The van der Waals surface area contributed by atoms with Gasteiger partial charge in [0.1, 0.15) is 0 Å². The highest BCUT2D eigenvalue weighted by atomic mass is 16.5. The summed E-state index contributed by atoms with van der Waals surface area (Å²) in [5, 5.41) is 6.22. The van der Waals surface area contributed by atoms with E-state index >= 15 is 0 Å². The van der Waals surface area contributed by atoms with E-state index in [9.17, 15) is 9.59 Å². The molecule has 0 saturated carbocycles. The van der Waals surface area contributed by atoms with Gasteiger partial charge >= 0.3 is 5.97 Å². The largest absolute Gasteiger partial charge is 0.462 e. The molecule has 5 heteroatoms. The van der Waals surface area contributed by atoms with Gasteiger partial charge in [0, 0.05) is 24.3 Å². The molecule has 0 radical (unpaired) electrons. The van der Waals surface area contributed by atoms with E-state index in [1.807, 2.05) is 30.3 Å². The molecule has 1 amide bonds. The van der Waals surface area contributed by atoms with Crippen LogP contribution in [0.5, 0.6) is 0 Å². The van der Waals surface area contributed by atoms with Crippen molar-refractivity contribution in [2.24, 2.45) is 0 Å². The molecule has 0 aliphatic heterocycles. The number of hydrogen-bond donors (Lipinski definition) is 2. The minimum Gasteiger partial charge on any atom is -0.462 e. The highest BCUT2D eigenvalue weighted by Gasteiger charge is 2.13. The standard InChI is InChI=1S/C22H28N2O3/c1-4-16-10-9-11-17(5-2)21(16)24-20(25)14-15-23-19-13-8-7-12-18(19)22(26)27-6-3/h7-13,23H,4-6,14-15H2,1-3H3,(H,24,25). The Bertz CT molecular complexity index is 765. The third-order valence-corrected chi connectivity index (χ3v) is 4.35. The second-order valence-electron chi connectivity index (χ2n) is 6.15. The summed E-state index contributed by atoms with van der Waals surface area (Å²) in [5.41, 5.74) is 4.36. The van der Waals surface area contributed by atoms with Crippen LogP contribution < -0.4 is 10.6 Å². The lowest BCUT2D eigenvalue weighted by molar-refractivity contribution is -0.116. The quantitative estimate of drug-likeness (QED) is 0.643. The third kappa shape index (κ3) is 5.58. The van der Waals surface area contributed by atoms with E-state index in [1.165, 1.54) is 0 Å². The molecule has 0 unspecified atom stereocenters. The molecule has 2 N–H and O–H groups in total. The molecule has 5 nitrogen and oxygen atoms in total. The predicted octanol–water partition coefficient (Wildman–Crippen LogP) is 4.43. The zero-order valence-electron chi connectivity index (χ0n) is 16.3. The van der Waals surface area contributed by atoms with Crippen molar-refractivity contribution in [3.63, 3.8) is 0 Å². The Labute approximate surface area is 161 Å². The molecule has 0 aromatic heterocycles. The lowest BCUT2D eigenvalue weighted by Gasteiger charge is -2.15. The van der Waals surface area contributed by atoms with Gasteiger partial charge in [-0.3, -0.25) is 4.79 Å². The summed E-state index contributed by atoms with van der Waals surface area (Å²) < 4.78 is 5.07. The summed E-state index contributed by atoms with van der Waals surface area (Å²) in [5.74, 6) is -0.416. The highest BCUT2D eigenvalue weighted by Crippen LogP contribution is 2.23. The maximum Gasteiger partial charge on any atom is 0.340 e. The number of para-hydroxylation sites is 2. The van der Waals surface area contributed by atoms with Crippen LogP contribution in [0.15, 0.2) is 42.5 Å². The molecule has 0 heterocycles. The number of benzene rings is 2. The van der Waals surface area contributed by atoms with Crippen LogP contribution in [0.3, 0.4) is 0 Å². The van der Waals surface area contributed by atoms with Crippen LogP contribution in [0.2, 0.25) is 0 Å². The van der Waals surface area contributed by atoms with Gasteiger partial charge in [0.25, 0.3) is 0 Å². The van der Waals surface area contributed by atoms with E-state index in [0.29, 0.717) is 30.8 Å². The molecule has 0 fully saturated rings. The number of aryl methyl sites for hydroxylation is 2. The van der Waals surface area contributed by atoms with E-state index in [-0.39, 0.29) is 11.9 Å². The van der Waals surface area contributed by atoms with Gasteiger partial charge < -0.3 is 15.4 Å². The Morgan fingerprint density at radius 2 is 1.59 bits per heavy atom. The van der Waals surface area contributed by atoms with Gasteiger partial charge in [0.05, 0.1) is 12.2 Å². The molecular weight excluding hydrogens is 340 g/mol. The molecule has 2 aromatic rings. The Morgan fingerprint density at radius 1 is 0.926 bits per heavy atom. The first-order chi connectivity index (χ1) is 13.1. The summed E-state index contributed by atoms with van der Waals surface area (Å²) in [7, 11) is 0.